The number of hydrogen-bond donors (Lipinski definition) is 1. The third-order valence-corrected chi connectivity index (χ3v) is 5.29. The summed E-state index contributed by atoms with van der Waals surface area (Å²) in [4.78, 5) is 49.7. The molecular weight excluding hydrogens is 506 g/mol. The summed E-state index contributed by atoms with van der Waals surface area (Å²) in [7, 11) is 1.21. The molecule has 0 fully saturated rings. The molecule has 10 nitrogen and oxygen atoms in total. The Bertz CT molecular complexity index is 1010. The number of ether oxygens (including phenoxy) is 5. The van der Waals surface area contributed by atoms with Crippen LogP contribution in [0.15, 0.2) is 18.2 Å². The van der Waals surface area contributed by atoms with E-state index in [1.165, 1.54) is 19.2 Å². The summed E-state index contributed by atoms with van der Waals surface area (Å²) in [5, 5.41) is 0. The zero-order valence-electron chi connectivity index (χ0n) is 24.8. The van der Waals surface area contributed by atoms with Crippen molar-refractivity contribution in [1.82, 2.24) is 0 Å². The Morgan fingerprint density at radius 2 is 1.44 bits per heavy atom. The van der Waals surface area contributed by atoms with Crippen LogP contribution < -0.4 is 15.2 Å². The summed E-state index contributed by atoms with van der Waals surface area (Å²) < 4.78 is 26.2. The molecule has 1 unspecified atom stereocenters. The van der Waals surface area contributed by atoms with Crippen LogP contribution in [0.25, 0.3) is 0 Å². The van der Waals surface area contributed by atoms with E-state index in [0.29, 0.717) is 12.0 Å². The van der Waals surface area contributed by atoms with Crippen LogP contribution >= 0.6 is 0 Å². The number of esters is 3. The van der Waals surface area contributed by atoms with E-state index in [4.69, 9.17) is 29.4 Å². The van der Waals surface area contributed by atoms with Crippen molar-refractivity contribution in [3.05, 3.63) is 23.8 Å². The SMILES string of the molecule is CCCOC(=O)O[C@@H](C)CC(N)(Cc1ccc(OC(=O)CC(C)(C)C)c(OC(=O)CC(C)(C)C)c1)C(=O)OC. The molecule has 39 heavy (non-hydrogen) atoms. The summed E-state index contributed by atoms with van der Waals surface area (Å²) in [6.45, 7) is 15.1. The lowest BCUT2D eigenvalue weighted by atomic mass is 9.86. The van der Waals surface area contributed by atoms with Gasteiger partial charge in [-0.2, -0.15) is 0 Å². The predicted molar refractivity (Wildman–Crippen MR) is 145 cm³/mol. The number of carbonyl (C=O) groups is 4. The first-order valence-electron chi connectivity index (χ1n) is 13.1. The molecule has 220 valence electrons. The molecule has 0 spiro atoms. The molecule has 1 aromatic rings. The van der Waals surface area contributed by atoms with Gasteiger partial charge in [0.2, 0.25) is 0 Å². The fourth-order valence-electron chi connectivity index (χ4n) is 3.74. The molecule has 2 N–H and O–H groups in total. The van der Waals surface area contributed by atoms with Crippen molar-refractivity contribution in [2.75, 3.05) is 13.7 Å². The molecule has 1 aromatic carbocycles. The third kappa shape index (κ3) is 13.0. The van der Waals surface area contributed by atoms with Crippen LogP contribution in [-0.2, 0) is 35.0 Å². The van der Waals surface area contributed by atoms with Crippen LogP contribution in [0, 0.1) is 10.8 Å². The summed E-state index contributed by atoms with van der Waals surface area (Å²) >= 11 is 0. The second-order valence-corrected chi connectivity index (χ2v) is 12.3. The van der Waals surface area contributed by atoms with E-state index in [-0.39, 0.29) is 54.6 Å². The van der Waals surface area contributed by atoms with Crippen LogP contribution in [0.2, 0.25) is 0 Å². The van der Waals surface area contributed by atoms with Gasteiger partial charge < -0.3 is 29.4 Å². The van der Waals surface area contributed by atoms with E-state index in [1.807, 2.05) is 48.5 Å². The van der Waals surface area contributed by atoms with E-state index in [1.54, 1.807) is 13.0 Å². The lowest BCUT2D eigenvalue weighted by molar-refractivity contribution is -0.148. The summed E-state index contributed by atoms with van der Waals surface area (Å²) in [5.41, 5.74) is 4.77. The van der Waals surface area contributed by atoms with Crippen molar-refractivity contribution in [2.45, 2.75) is 99.1 Å². The minimum atomic E-state index is -1.59. The van der Waals surface area contributed by atoms with Crippen molar-refractivity contribution in [1.29, 1.82) is 0 Å². The third-order valence-electron chi connectivity index (χ3n) is 5.29. The molecule has 0 aromatic heterocycles. The lowest BCUT2D eigenvalue weighted by Gasteiger charge is -2.29. The highest BCUT2D eigenvalue weighted by molar-refractivity contribution is 5.81. The van der Waals surface area contributed by atoms with Crippen LogP contribution in [0.3, 0.4) is 0 Å². The molecule has 0 aliphatic heterocycles. The number of methoxy groups -OCH3 is 1. The number of nitrogens with two attached hydrogens (primary N) is 1. The molecule has 0 saturated carbocycles. The van der Waals surface area contributed by atoms with Gasteiger partial charge in [0.15, 0.2) is 11.5 Å². The monoisotopic (exact) mass is 551 g/mol. The molecule has 0 aliphatic rings. The molecule has 0 bridgehead atoms. The van der Waals surface area contributed by atoms with Crippen molar-refractivity contribution in [2.24, 2.45) is 16.6 Å². The Hall–Kier alpha value is -3.14. The molecule has 0 aliphatic carbocycles. The topological polar surface area (TPSA) is 140 Å². The number of carbonyl (C=O) groups excluding carboxylic acids is 4. The van der Waals surface area contributed by atoms with Gasteiger partial charge in [-0.25, -0.2) is 4.79 Å². The van der Waals surface area contributed by atoms with Gasteiger partial charge in [0, 0.05) is 12.8 Å². The second kappa shape index (κ2) is 14.3. The highest BCUT2D eigenvalue weighted by Crippen LogP contribution is 2.33. The van der Waals surface area contributed by atoms with Gasteiger partial charge in [-0.15, -0.1) is 0 Å². The Morgan fingerprint density at radius 3 is 1.92 bits per heavy atom. The number of rotatable bonds is 12. The minimum absolute atomic E-state index is 0.0312. The quantitative estimate of drug-likeness (QED) is 0.275. The van der Waals surface area contributed by atoms with Crippen molar-refractivity contribution in [3.63, 3.8) is 0 Å². The van der Waals surface area contributed by atoms with Gasteiger partial charge in [0.25, 0.3) is 0 Å². The highest BCUT2D eigenvalue weighted by Gasteiger charge is 2.38. The van der Waals surface area contributed by atoms with Crippen LogP contribution in [-0.4, -0.2) is 49.4 Å². The number of benzene rings is 1. The largest absolute Gasteiger partial charge is 0.508 e. The molecule has 0 amide bonds. The lowest BCUT2D eigenvalue weighted by Crippen LogP contribution is -2.53. The van der Waals surface area contributed by atoms with Crippen molar-refractivity contribution < 1.29 is 42.9 Å². The molecular formula is C29H45NO9. The predicted octanol–water partition coefficient (Wildman–Crippen LogP) is 5.12. The molecule has 2 atom stereocenters. The first kappa shape index (κ1) is 33.9. The normalized spacial score (nSPS) is 14.0. The first-order chi connectivity index (χ1) is 17.9. The molecule has 0 radical (unpaired) electrons. The smallest absolute Gasteiger partial charge is 0.468 e. The van der Waals surface area contributed by atoms with Gasteiger partial charge in [-0.05, 0) is 41.9 Å². The maximum atomic E-state index is 12.7. The van der Waals surface area contributed by atoms with Gasteiger partial charge in [-0.3, -0.25) is 14.4 Å². The van der Waals surface area contributed by atoms with Crippen LogP contribution in [0.4, 0.5) is 4.79 Å². The van der Waals surface area contributed by atoms with E-state index in [9.17, 15) is 19.2 Å². The Balaban J connectivity index is 3.28. The van der Waals surface area contributed by atoms with Gasteiger partial charge in [0.05, 0.1) is 26.6 Å². The van der Waals surface area contributed by atoms with Crippen molar-refractivity contribution >= 4 is 24.1 Å². The van der Waals surface area contributed by atoms with E-state index in [2.05, 4.69) is 0 Å². The minimum Gasteiger partial charge on any atom is -0.468 e. The number of hydrogen-bond acceptors (Lipinski definition) is 10. The first-order valence-corrected chi connectivity index (χ1v) is 13.1. The summed E-state index contributed by atoms with van der Waals surface area (Å²) in [6, 6.07) is 4.62. The van der Waals surface area contributed by atoms with E-state index < -0.39 is 35.7 Å². The Kier molecular flexibility index (Phi) is 12.4. The summed E-state index contributed by atoms with van der Waals surface area (Å²) in [5.74, 6) is -1.60. The highest BCUT2D eigenvalue weighted by atomic mass is 16.7. The zero-order chi connectivity index (χ0) is 30.0. The summed E-state index contributed by atoms with van der Waals surface area (Å²) in [6.07, 6.45) is -0.822. The van der Waals surface area contributed by atoms with Crippen LogP contribution in [0.1, 0.15) is 86.6 Å². The standard InChI is InChI=1S/C29H45NO9/c1-10-13-36-26(34)37-19(2)15-29(30,25(33)35-9)16-20-11-12-21(38-23(31)17-27(3,4)5)22(14-20)39-24(32)18-28(6,7)8/h11-12,14,19H,10,13,15-18,30H2,1-9H3/t19-,29?/m0/s1. The fourth-order valence-corrected chi connectivity index (χ4v) is 3.74. The van der Waals surface area contributed by atoms with Gasteiger partial charge in [0.1, 0.15) is 11.6 Å². The van der Waals surface area contributed by atoms with Gasteiger partial charge in [-0.1, -0.05) is 54.5 Å². The molecule has 0 saturated heterocycles. The Labute approximate surface area is 231 Å². The maximum Gasteiger partial charge on any atom is 0.508 e. The van der Waals surface area contributed by atoms with E-state index >= 15 is 0 Å². The molecule has 10 heteroatoms. The van der Waals surface area contributed by atoms with Crippen LogP contribution in [0.5, 0.6) is 11.5 Å². The van der Waals surface area contributed by atoms with Gasteiger partial charge >= 0.3 is 24.1 Å². The maximum absolute atomic E-state index is 12.7. The Morgan fingerprint density at radius 1 is 0.897 bits per heavy atom. The molecule has 0 heterocycles. The average molecular weight is 552 g/mol. The second-order valence-electron chi connectivity index (χ2n) is 12.3. The fraction of sp³-hybridized carbons (Fsp3) is 0.655. The van der Waals surface area contributed by atoms with E-state index in [0.717, 1.165) is 0 Å². The van der Waals surface area contributed by atoms with Crippen molar-refractivity contribution in [3.8, 4) is 11.5 Å². The average Bonchev–Trinajstić information content (AvgIpc) is 2.76. The zero-order valence-corrected chi connectivity index (χ0v) is 24.8. The molecule has 1 rings (SSSR count).